The first-order valence-electron chi connectivity index (χ1n) is 6.26. The third kappa shape index (κ3) is 1.27. The van der Waals surface area contributed by atoms with Crippen LogP contribution in [-0.4, -0.2) is 5.79 Å². The highest BCUT2D eigenvalue weighted by Crippen LogP contribution is 2.49. The minimum absolute atomic E-state index is 0.355. The van der Waals surface area contributed by atoms with E-state index in [0.717, 1.165) is 29.7 Å². The number of rotatable bonds is 0. The molecule has 86 valence electrons. The monoisotopic (exact) mass is 226 g/mol. The molecule has 1 saturated carbocycles. The molecule has 2 aromatic carbocycles. The van der Waals surface area contributed by atoms with E-state index in [1.54, 1.807) is 0 Å². The molecule has 1 spiro atoms. The molecule has 2 aliphatic rings. The minimum Gasteiger partial charge on any atom is -0.448 e. The van der Waals surface area contributed by atoms with Gasteiger partial charge in [0, 0.05) is 18.2 Å². The van der Waals surface area contributed by atoms with Crippen molar-refractivity contribution in [2.24, 2.45) is 0 Å². The van der Waals surface area contributed by atoms with Gasteiger partial charge in [-0.2, -0.15) is 0 Å². The molecule has 2 nitrogen and oxygen atoms in total. The first-order valence-corrected chi connectivity index (χ1v) is 6.26. The highest BCUT2D eigenvalue weighted by Gasteiger charge is 2.44. The maximum absolute atomic E-state index is 6.15. The first kappa shape index (κ1) is 9.34. The van der Waals surface area contributed by atoms with E-state index in [-0.39, 0.29) is 5.79 Å². The lowest BCUT2D eigenvalue weighted by Crippen LogP contribution is -2.34. The number of fused-ring (bicyclic) bond motifs is 3. The second-order valence-electron chi connectivity index (χ2n) is 4.94. The number of ether oxygens (including phenoxy) is 2. The summed E-state index contributed by atoms with van der Waals surface area (Å²) in [6, 6.07) is 12.4. The standard InChI is InChI=1S/C15H14O2/c1-2-6-12-11(5-1)7-8-13-14(12)17-15(16-13)9-3-4-10-15/h1-2,5-8H,3-4,9-10H2. The normalized spacial score (nSPS) is 20.2. The molecule has 17 heavy (non-hydrogen) atoms. The fourth-order valence-corrected chi connectivity index (χ4v) is 2.93. The van der Waals surface area contributed by atoms with Crippen LogP contribution in [0.4, 0.5) is 0 Å². The summed E-state index contributed by atoms with van der Waals surface area (Å²) >= 11 is 0. The largest absolute Gasteiger partial charge is 0.448 e. The molecule has 0 aromatic heterocycles. The van der Waals surface area contributed by atoms with Crippen molar-refractivity contribution in [3.05, 3.63) is 36.4 Å². The highest BCUT2D eigenvalue weighted by molar-refractivity contribution is 5.91. The molecule has 0 unspecified atom stereocenters. The Hall–Kier alpha value is -1.70. The lowest BCUT2D eigenvalue weighted by atomic mass is 10.1. The van der Waals surface area contributed by atoms with Gasteiger partial charge in [0.1, 0.15) is 0 Å². The van der Waals surface area contributed by atoms with E-state index in [9.17, 15) is 0 Å². The molecule has 1 aliphatic carbocycles. The van der Waals surface area contributed by atoms with Crippen LogP contribution in [-0.2, 0) is 0 Å². The Morgan fingerprint density at radius 2 is 1.71 bits per heavy atom. The molecule has 0 atom stereocenters. The van der Waals surface area contributed by atoms with E-state index in [4.69, 9.17) is 9.47 Å². The second kappa shape index (κ2) is 3.16. The molecular weight excluding hydrogens is 212 g/mol. The lowest BCUT2D eigenvalue weighted by Gasteiger charge is -2.21. The molecular formula is C15H14O2. The zero-order chi connectivity index (χ0) is 11.3. The van der Waals surface area contributed by atoms with Gasteiger partial charge in [-0.1, -0.05) is 30.3 Å². The summed E-state index contributed by atoms with van der Waals surface area (Å²) in [4.78, 5) is 0. The highest BCUT2D eigenvalue weighted by atomic mass is 16.7. The van der Waals surface area contributed by atoms with Crippen LogP contribution in [0, 0.1) is 0 Å². The van der Waals surface area contributed by atoms with Crippen molar-refractivity contribution in [1.29, 1.82) is 0 Å². The number of hydrogen-bond donors (Lipinski definition) is 0. The summed E-state index contributed by atoms with van der Waals surface area (Å²) < 4.78 is 12.2. The van der Waals surface area contributed by atoms with E-state index in [1.165, 1.54) is 18.2 Å². The van der Waals surface area contributed by atoms with Crippen molar-refractivity contribution >= 4 is 10.8 Å². The fourth-order valence-electron chi connectivity index (χ4n) is 2.93. The molecule has 1 aliphatic heterocycles. The zero-order valence-electron chi connectivity index (χ0n) is 9.61. The van der Waals surface area contributed by atoms with E-state index < -0.39 is 0 Å². The third-order valence-electron chi connectivity index (χ3n) is 3.79. The van der Waals surface area contributed by atoms with Gasteiger partial charge in [-0.15, -0.1) is 0 Å². The van der Waals surface area contributed by atoms with Gasteiger partial charge in [0.2, 0.25) is 0 Å². The van der Waals surface area contributed by atoms with Crippen LogP contribution in [0.15, 0.2) is 36.4 Å². The van der Waals surface area contributed by atoms with Gasteiger partial charge in [0.15, 0.2) is 11.5 Å². The summed E-state index contributed by atoms with van der Waals surface area (Å²) in [5.74, 6) is 1.49. The Morgan fingerprint density at radius 1 is 0.882 bits per heavy atom. The maximum Gasteiger partial charge on any atom is 0.251 e. The van der Waals surface area contributed by atoms with Gasteiger partial charge in [0.05, 0.1) is 0 Å². The molecule has 2 heteroatoms. The van der Waals surface area contributed by atoms with Crippen molar-refractivity contribution in [2.75, 3.05) is 0 Å². The van der Waals surface area contributed by atoms with Crippen LogP contribution in [0.1, 0.15) is 25.7 Å². The Labute approximate surface area is 100 Å². The molecule has 1 fully saturated rings. The third-order valence-corrected chi connectivity index (χ3v) is 3.79. The average molecular weight is 226 g/mol. The van der Waals surface area contributed by atoms with Gasteiger partial charge in [0.25, 0.3) is 5.79 Å². The molecule has 0 saturated heterocycles. The average Bonchev–Trinajstić information content (AvgIpc) is 2.96. The minimum atomic E-state index is -0.355. The lowest BCUT2D eigenvalue weighted by molar-refractivity contribution is -0.0711. The van der Waals surface area contributed by atoms with Crippen molar-refractivity contribution in [3.63, 3.8) is 0 Å². The summed E-state index contributed by atoms with van der Waals surface area (Å²) in [6.45, 7) is 0. The second-order valence-corrected chi connectivity index (χ2v) is 4.94. The summed E-state index contributed by atoms with van der Waals surface area (Å²) in [6.07, 6.45) is 4.42. The Morgan fingerprint density at radius 3 is 2.59 bits per heavy atom. The maximum atomic E-state index is 6.15. The topological polar surface area (TPSA) is 18.5 Å². The van der Waals surface area contributed by atoms with Gasteiger partial charge in [-0.25, -0.2) is 0 Å². The summed E-state index contributed by atoms with van der Waals surface area (Å²) in [5.41, 5.74) is 0. The Balaban J connectivity index is 1.89. The SMILES string of the molecule is c1ccc2c3c(ccc2c1)OC1(CCCC1)O3. The fraction of sp³-hybridized carbons (Fsp3) is 0.333. The van der Waals surface area contributed by atoms with Crippen molar-refractivity contribution < 1.29 is 9.47 Å². The van der Waals surface area contributed by atoms with Crippen LogP contribution in [0.25, 0.3) is 10.8 Å². The molecule has 0 N–H and O–H groups in total. The Bertz CT molecular complexity index is 582. The molecule has 0 bridgehead atoms. The van der Waals surface area contributed by atoms with Crippen LogP contribution >= 0.6 is 0 Å². The van der Waals surface area contributed by atoms with E-state index in [2.05, 4.69) is 24.3 Å². The van der Waals surface area contributed by atoms with Crippen LogP contribution < -0.4 is 9.47 Å². The van der Waals surface area contributed by atoms with Gasteiger partial charge < -0.3 is 9.47 Å². The molecule has 4 rings (SSSR count). The smallest absolute Gasteiger partial charge is 0.251 e. The number of hydrogen-bond acceptors (Lipinski definition) is 2. The zero-order valence-corrected chi connectivity index (χ0v) is 9.61. The van der Waals surface area contributed by atoms with Gasteiger partial charge >= 0.3 is 0 Å². The quantitative estimate of drug-likeness (QED) is 0.678. The van der Waals surface area contributed by atoms with Crippen LogP contribution in [0.3, 0.4) is 0 Å². The molecule has 2 aromatic rings. The van der Waals surface area contributed by atoms with E-state index in [1.807, 2.05) is 12.1 Å². The van der Waals surface area contributed by atoms with Crippen molar-refractivity contribution in [3.8, 4) is 11.5 Å². The summed E-state index contributed by atoms with van der Waals surface area (Å²) in [7, 11) is 0. The van der Waals surface area contributed by atoms with E-state index in [0.29, 0.717) is 0 Å². The van der Waals surface area contributed by atoms with Gasteiger partial charge in [-0.3, -0.25) is 0 Å². The van der Waals surface area contributed by atoms with Gasteiger partial charge in [-0.05, 0) is 24.3 Å². The molecule has 1 heterocycles. The molecule has 0 radical (unpaired) electrons. The first-order chi connectivity index (χ1) is 8.36. The van der Waals surface area contributed by atoms with Crippen molar-refractivity contribution in [1.82, 2.24) is 0 Å². The predicted molar refractivity (Wildman–Crippen MR) is 66.4 cm³/mol. The molecule has 0 amide bonds. The van der Waals surface area contributed by atoms with Crippen LogP contribution in [0.2, 0.25) is 0 Å². The van der Waals surface area contributed by atoms with Crippen molar-refractivity contribution in [2.45, 2.75) is 31.5 Å². The predicted octanol–water partition coefficient (Wildman–Crippen LogP) is 3.88. The number of benzene rings is 2. The summed E-state index contributed by atoms with van der Waals surface area (Å²) in [5, 5.41) is 2.37. The van der Waals surface area contributed by atoms with Crippen LogP contribution in [0.5, 0.6) is 11.5 Å². The Kier molecular flexibility index (Phi) is 1.74. The van der Waals surface area contributed by atoms with E-state index >= 15 is 0 Å².